The molecule has 94 valence electrons. The van der Waals surface area contributed by atoms with Gasteiger partial charge in [-0.25, -0.2) is 8.42 Å². The van der Waals surface area contributed by atoms with Gasteiger partial charge in [-0.1, -0.05) is 11.6 Å². The summed E-state index contributed by atoms with van der Waals surface area (Å²) < 4.78 is 29.2. The summed E-state index contributed by atoms with van der Waals surface area (Å²) in [6, 6.07) is 3.86. The van der Waals surface area contributed by atoms with Gasteiger partial charge in [0.25, 0.3) is 0 Å². The SMILES string of the molecule is COC(=O)CS(=O)(=O)Nc1ccc(Cl)cc1O. The number of phenols is 1. The predicted molar refractivity (Wildman–Crippen MR) is 62.5 cm³/mol. The number of anilines is 1. The van der Waals surface area contributed by atoms with E-state index in [4.69, 9.17) is 11.6 Å². The van der Waals surface area contributed by atoms with E-state index in [2.05, 4.69) is 4.74 Å². The molecule has 17 heavy (non-hydrogen) atoms. The molecule has 1 aromatic rings. The van der Waals surface area contributed by atoms with Crippen LogP contribution in [0.2, 0.25) is 5.02 Å². The molecule has 1 rings (SSSR count). The monoisotopic (exact) mass is 279 g/mol. The number of phenolic OH excluding ortho intramolecular Hbond substituents is 1. The molecule has 1 aromatic carbocycles. The second-order valence-corrected chi connectivity index (χ2v) is 5.26. The lowest BCUT2D eigenvalue weighted by atomic mass is 10.3. The zero-order valence-electron chi connectivity index (χ0n) is 8.81. The zero-order chi connectivity index (χ0) is 13.1. The van der Waals surface area contributed by atoms with Crippen molar-refractivity contribution in [2.75, 3.05) is 17.6 Å². The smallest absolute Gasteiger partial charge is 0.322 e. The number of esters is 1. The van der Waals surface area contributed by atoms with Gasteiger partial charge < -0.3 is 9.84 Å². The van der Waals surface area contributed by atoms with E-state index < -0.39 is 21.7 Å². The highest BCUT2D eigenvalue weighted by atomic mass is 35.5. The molecule has 0 saturated carbocycles. The number of rotatable bonds is 4. The average Bonchev–Trinajstić information content (AvgIpc) is 2.21. The summed E-state index contributed by atoms with van der Waals surface area (Å²) in [5.74, 6) is -2.05. The van der Waals surface area contributed by atoms with Crippen molar-refractivity contribution in [3.05, 3.63) is 23.2 Å². The van der Waals surface area contributed by atoms with E-state index in [0.717, 1.165) is 7.11 Å². The standard InChI is InChI=1S/C9H10ClNO5S/c1-16-9(13)5-17(14,15)11-7-3-2-6(10)4-8(7)12/h2-4,11-12H,5H2,1H3. The van der Waals surface area contributed by atoms with Crippen molar-refractivity contribution in [1.82, 2.24) is 0 Å². The van der Waals surface area contributed by atoms with Crippen LogP contribution in [0.3, 0.4) is 0 Å². The summed E-state index contributed by atoms with van der Waals surface area (Å²) in [6.07, 6.45) is 0. The van der Waals surface area contributed by atoms with Crippen LogP contribution >= 0.6 is 11.6 Å². The molecular formula is C9H10ClNO5S. The lowest BCUT2D eigenvalue weighted by Gasteiger charge is -2.08. The fraction of sp³-hybridized carbons (Fsp3) is 0.222. The van der Waals surface area contributed by atoms with Crippen molar-refractivity contribution in [2.24, 2.45) is 0 Å². The van der Waals surface area contributed by atoms with E-state index in [1.54, 1.807) is 0 Å². The minimum atomic E-state index is -3.91. The van der Waals surface area contributed by atoms with Crippen LogP contribution in [0.1, 0.15) is 0 Å². The molecule has 0 aliphatic rings. The lowest BCUT2D eigenvalue weighted by Crippen LogP contribution is -2.23. The van der Waals surface area contributed by atoms with Gasteiger partial charge in [-0.3, -0.25) is 9.52 Å². The maximum Gasteiger partial charge on any atom is 0.322 e. The average molecular weight is 280 g/mol. The number of benzene rings is 1. The minimum Gasteiger partial charge on any atom is -0.506 e. The van der Waals surface area contributed by atoms with Crippen molar-refractivity contribution in [2.45, 2.75) is 0 Å². The highest BCUT2D eigenvalue weighted by molar-refractivity contribution is 7.93. The first-order valence-electron chi connectivity index (χ1n) is 4.40. The summed E-state index contributed by atoms with van der Waals surface area (Å²) in [5.41, 5.74) is -0.0571. The highest BCUT2D eigenvalue weighted by Gasteiger charge is 2.18. The predicted octanol–water partition coefficient (Wildman–Crippen LogP) is 0.960. The van der Waals surface area contributed by atoms with Gasteiger partial charge in [-0.2, -0.15) is 0 Å². The van der Waals surface area contributed by atoms with Crippen LogP contribution in [0.15, 0.2) is 18.2 Å². The number of hydrogen-bond acceptors (Lipinski definition) is 5. The largest absolute Gasteiger partial charge is 0.506 e. The summed E-state index contributed by atoms with van der Waals surface area (Å²) >= 11 is 5.58. The van der Waals surface area contributed by atoms with Crippen LogP contribution in [0.25, 0.3) is 0 Å². The summed E-state index contributed by atoms with van der Waals surface area (Å²) in [7, 11) is -2.83. The number of hydrogen-bond donors (Lipinski definition) is 2. The van der Waals surface area contributed by atoms with Crippen LogP contribution in [-0.4, -0.2) is 32.4 Å². The number of nitrogens with one attached hydrogen (secondary N) is 1. The van der Waals surface area contributed by atoms with Gasteiger partial charge in [0.1, 0.15) is 5.75 Å². The van der Waals surface area contributed by atoms with Crippen molar-refractivity contribution >= 4 is 33.3 Å². The van der Waals surface area contributed by atoms with E-state index in [1.807, 2.05) is 4.72 Å². The molecule has 2 N–H and O–H groups in total. The Labute approximate surface area is 103 Å². The molecule has 0 heterocycles. The molecular weight excluding hydrogens is 270 g/mol. The van der Waals surface area contributed by atoms with Crippen LogP contribution in [0.5, 0.6) is 5.75 Å². The molecule has 0 saturated heterocycles. The highest BCUT2D eigenvalue weighted by Crippen LogP contribution is 2.27. The van der Waals surface area contributed by atoms with E-state index >= 15 is 0 Å². The number of sulfonamides is 1. The molecule has 0 radical (unpaired) electrons. The number of halogens is 1. The van der Waals surface area contributed by atoms with E-state index in [0.29, 0.717) is 0 Å². The molecule has 0 spiro atoms. The first-order valence-corrected chi connectivity index (χ1v) is 6.43. The van der Waals surface area contributed by atoms with Crippen molar-refractivity contribution in [3.63, 3.8) is 0 Å². The Morgan fingerprint density at radius 3 is 2.71 bits per heavy atom. The molecule has 0 aliphatic carbocycles. The fourth-order valence-corrected chi connectivity index (χ4v) is 2.18. The van der Waals surface area contributed by atoms with Gasteiger partial charge in [0.2, 0.25) is 10.0 Å². The molecule has 0 unspecified atom stereocenters. The molecule has 0 amide bonds. The van der Waals surface area contributed by atoms with Gasteiger partial charge in [0.05, 0.1) is 12.8 Å². The number of methoxy groups -OCH3 is 1. The van der Waals surface area contributed by atoms with Crippen LogP contribution in [0.4, 0.5) is 5.69 Å². The molecule has 0 fully saturated rings. The number of ether oxygens (including phenoxy) is 1. The van der Waals surface area contributed by atoms with Crippen LogP contribution < -0.4 is 4.72 Å². The number of aromatic hydroxyl groups is 1. The molecule has 0 aliphatic heterocycles. The van der Waals surface area contributed by atoms with E-state index in [1.165, 1.54) is 18.2 Å². The topological polar surface area (TPSA) is 92.7 Å². The molecule has 6 nitrogen and oxygen atoms in total. The Kier molecular flexibility index (Phi) is 4.19. The summed E-state index contributed by atoms with van der Waals surface area (Å²) in [5, 5.41) is 9.68. The minimum absolute atomic E-state index is 0.0571. The Hall–Kier alpha value is -1.47. The van der Waals surface area contributed by atoms with Gasteiger partial charge >= 0.3 is 5.97 Å². The van der Waals surface area contributed by atoms with Gasteiger partial charge in [0, 0.05) is 11.1 Å². The third kappa shape index (κ3) is 4.12. The normalized spacial score (nSPS) is 10.9. The van der Waals surface area contributed by atoms with Crippen molar-refractivity contribution in [3.8, 4) is 5.75 Å². The third-order valence-corrected chi connectivity index (χ3v) is 3.14. The maximum atomic E-state index is 11.5. The van der Waals surface area contributed by atoms with E-state index in [9.17, 15) is 18.3 Å². The number of carbonyl (C=O) groups excluding carboxylic acids is 1. The van der Waals surface area contributed by atoms with Crippen molar-refractivity contribution < 1.29 is 23.1 Å². The Balaban J connectivity index is 2.87. The molecule has 8 heteroatoms. The lowest BCUT2D eigenvalue weighted by molar-refractivity contribution is -0.137. The van der Waals surface area contributed by atoms with Crippen LogP contribution in [-0.2, 0) is 19.6 Å². The first-order chi connectivity index (χ1) is 7.84. The Bertz CT molecular complexity index is 528. The second-order valence-electron chi connectivity index (χ2n) is 3.10. The Morgan fingerprint density at radius 2 is 2.18 bits per heavy atom. The molecule has 0 atom stereocenters. The van der Waals surface area contributed by atoms with Gasteiger partial charge in [-0.15, -0.1) is 0 Å². The third-order valence-electron chi connectivity index (χ3n) is 1.76. The Morgan fingerprint density at radius 1 is 1.53 bits per heavy atom. The second kappa shape index (κ2) is 5.24. The fourth-order valence-electron chi connectivity index (χ4n) is 1.01. The maximum absolute atomic E-state index is 11.5. The quantitative estimate of drug-likeness (QED) is 0.632. The van der Waals surface area contributed by atoms with Gasteiger partial charge in [-0.05, 0) is 12.1 Å². The molecule has 0 aromatic heterocycles. The first kappa shape index (κ1) is 13.6. The van der Waals surface area contributed by atoms with Crippen LogP contribution in [0, 0.1) is 0 Å². The molecule has 0 bridgehead atoms. The number of carbonyl (C=O) groups is 1. The van der Waals surface area contributed by atoms with E-state index in [-0.39, 0.29) is 16.5 Å². The summed E-state index contributed by atoms with van der Waals surface area (Å²) in [4.78, 5) is 10.8. The van der Waals surface area contributed by atoms with Gasteiger partial charge in [0.15, 0.2) is 5.75 Å². The van der Waals surface area contributed by atoms with Crippen molar-refractivity contribution in [1.29, 1.82) is 0 Å². The summed E-state index contributed by atoms with van der Waals surface area (Å²) in [6.45, 7) is 0. The zero-order valence-corrected chi connectivity index (χ0v) is 10.4.